The first-order chi connectivity index (χ1) is 13.3. The molecule has 0 aromatic heterocycles. The van der Waals surface area contributed by atoms with Gasteiger partial charge in [-0.05, 0) is 48.6 Å². The monoisotopic (exact) mass is 384 g/mol. The van der Waals surface area contributed by atoms with Gasteiger partial charge in [0.25, 0.3) is 5.91 Å². The predicted octanol–water partition coefficient (Wildman–Crippen LogP) is 3.36. The minimum Gasteiger partial charge on any atom is -0.483 e. The van der Waals surface area contributed by atoms with E-state index in [4.69, 9.17) is 4.74 Å². The lowest BCUT2D eigenvalue weighted by atomic mass is 9.83. The lowest BCUT2D eigenvalue weighted by Crippen LogP contribution is -2.57. The van der Waals surface area contributed by atoms with Crippen molar-refractivity contribution in [3.8, 4) is 5.75 Å². The average molecular weight is 385 g/mol. The first-order valence-electron chi connectivity index (χ1n) is 10.7. The van der Waals surface area contributed by atoms with Gasteiger partial charge in [-0.3, -0.25) is 9.59 Å². The Morgan fingerprint density at radius 3 is 2.61 bits per heavy atom. The van der Waals surface area contributed by atoms with Crippen LogP contribution in [0.5, 0.6) is 5.75 Å². The number of rotatable bonds is 4. The summed E-state index contributed by atoms with van der Waals surface area (Å²) in [6.07, 6.45) is 4.74. The third kappa shape index (κ3) is 3.89. The Morgan fingerprint density at radius 1 is 1.14 bits per heavy atom. The maximum absolute atomic E-state index is 12.8. The fourth-order valence-electron chi connectivity index (χ4n) is 4.79. The molecule has 0 N–H and O–H groups in total. The minimum absolute atomic E-state index is 0.0289. The Labute approximate surface area is 168 Å². The van der Waals surface area contributed by atoms with Crippen LogP contribution in [-0.4, -0.2) is 53.4 Å². The van der Waals surface area contributed by atoms with Crippen LogP contribution in [0.25, 0.3) is 0 Å². The maximum Gasteiger partial charge on any atom is 0.260 e. The van der Waals surface area contributed by atoms with Gasteiger partial charge in [0.2, 0.25) is 5.91 Å². The van der Waals surface area contributed by atoms with E-state index in [0.717, 1.165) is 50.1 Å². The van der Waals surface area contributed by atoms with Gasteiger partial charge < -0.3 is 14.5 Å². The van der Waals surface area contributed by atoms with Crippen LogP contribution < -0.4 is 4.74 Å². The molecule has 0 bridgehead atoms. The zero-order valence-electron chi connectivity index (χ0n) is 17.3. The van der Waals surface area contributed by atoms with Crippen molar-refractivity contribution >= 4 is 11.8 Å². The van der Waals surface area contributed by atoms with Crippen molar-refractivity contribution in [2.75, 3.05) is 19.7 Å². The number of carbonyl (C=O) groups excluding carboxylic acids is 2. The molecular weight excluding hydrogens is 352 g/mol. The number of para-hydroxylation sites is 1. The van der Waals surface area contributed by atoms with Crippen LogP contribution in [-0.2, 0) is 15.0 Å². The van der Waals surface area contributed by atoms with Crippen molar-refractivity contribution in [2.24, 2.45) is 5.92 Å². The number of hydrogen-bond acceptors (Lipinski definition) is 3. The summed E-state index contributed by atoms with van der Waals surface area (Å²) in [5, 5.41) is 0. The van der Waals surface area contributed by atoms with Crippen molar-refractivity contribution in [1.82, 2.24) is 9.80 Å². The number of ether oxygens (including phenoxy) is 1. The summed E-state index contributed by atoms with van der Waals surface area (Å²) in [6, 6.07) is 8.78. The Bertz CT molecular complexity index is 750. The van der Waals surface area contributed by atoms with E-state index in [-0.39, 0.29) is 17.9 Å². The van der Waals surface area contributed by atoms with Crippen LogP contribution in [0.15, 0.2) is 24.3 Å². The summed E-state index contributed by atoms with van der Waals surface area (Å²) in [5.41, 5.74) is 1.09. The molecule has 1 aromatic carbocycles. The van der Waals surface area contributed by atoms with Gasteiger partial charge in [0.1, 0.15) is 5.75 Å². The molecule has 2 atom stereocenters. The zero-order valence-corrected chi connectivity index (χ0v) is 17.3. The molecule has 1 saturated carbocycles. The number of amides is 2. The summed E-state index contributed by atoms with van der Waals surface area (Å²) in [5.74, 6) is 1.59. The maximum atomic E-state index is 12.8. The summed E-state index contributed by atoms with van der Waals surface area (Å²) in [6.45, 7) is 8.01. The van der Waals surface area contributed by atoms with Crippen LogP contribution in [0.1, 0.15) is 58.4 Å². The summed E-state index contributed by atoms with van der Waals surface area (Å²) < 4.78 is 5.95. The highest BCUT2D eigenvalue weighted by molar-refractivity contribution is 5.79. The third-order valence-electron chi connectivity index (χ3n) is 6.41. The second kappa shape index (κ2) is 7.41. The van der Waals surface area contributed by atoms with Crippen molar-refractivity contribution in [1.29, 1.82) is 0 Å². The minimum atomic E-state index is -0.0289. The van der Waals surface area contributed by atoms with Gasteiger partial charge in [0.05, 0.1) is 0 Å². The highest BCUT2D eigenvalue weighted by atomic mass is 16.5. The molecule has 5 heteroatoms. The van der Waals surface area contributed by atoms with E-state index in [1.165, 1.54) is 0 Å². The quantitative estimate of drug-likeness (QED) is 0.800. The number of likely N-dealkylation sites (tertiary alicyclic amines) is 2. The molecule has 152 valence electrons. The largest absolute Gasteiger partial charge is 0.483 e. The molecule has 2 amide bonds. The molecule has 1 aliphatic carbocycles. The first kappa shape index (κ1) is 19.3. The fraction of sp³-hybridized carbons (Fsp3) is 0.652. The van der Waals surface area contributed by atoms with Crippen molar-refractivity contribution in [2.45, 2.75) is 70.4 Å². The van der Waals surface area contributed by atoms with Gasteiger partial charge in [-0.2, -0.15) is 0 Å². The van der Waals surface area contributed by atoms with Crippen LogP contribution in [0.4, 0.5) is 0 Å². The van der Waals surface area contributed by atoms with Gasteiger partial charge in [0.15, 0.2) is 6.61 Å². The van der Waals surface area contributed by atoms with Crippen LogP contribution in [0.2, 0.25) is 0 Å². The molecule has 0 spiro atoms. The Hall–Kier alpha value is -2.04. The van der Waals surface area contributed by atoms with E-state index in [9.17, 15) is 9.59 Å². The van der Waals surface area contributed by atoms with Gasteiger partial charge >= 0.3 is 0 Å². The van der Waals surface area contributed by atoms with E-state index < -0.39 is 0 Å². The molecule has 0 unspecified atom stereocenters. The molecular formula is C23H32N2O3. The van der Waals surface area contributed by atoms with E-state index in [1.807, 2.05) is 23.1 Å². The zero-order chi connectivity index (χ0) is 19.9. The van der Waals surface area contributed by atoms with Crippen LogP contribution in [0.3, 0.4) is 0 Å². The molecule has 2 saturated heterocycles. The van der Waals surface area contributed by atoms with Gasteiger partial charge in [-0.25, -0.2) is 0 Å². The van der Waals surface area contributed by atoms with E-state index in [2.05, 4.69) is 31.7 Å². The number of nitrogens with zero attached hydrogens (tertiary/aromatic N) is 2. The Kier molecular flexibility index (Phi) is 5.11. The fourth-order valence-corrected chi connectivity index (χ4v) is 4.79. The molecule has 0 radical (unpaired) electrons. The summed E-state index contributed by atoms with van der Waals surface area (Å²) in [7, 11) is 0. The SMILES string of the molecule is CC(C)(C)c1ccccc1OCC(=O)N1CC[C@H]2[C@H](CCC(=O)N2C2CC2)C1. The van der Waals surface area contributed by atoms with Gasteiger partial charge in [0, 0.05) is 31.6 Å². The number of hydrogen-bond donors (Lipinski definition) is 0. The summed E-state index contributed by atoms with van der Waals surface area (Å²) in [4.78, 5) is 29.3. The smallest absolute Gasteiger partial charge is 0.260 e. The van der Waals surface area contributed by atoms with E-state index >= 15 is 0 Å². The third-order valence-corrected chi connectivity index (χ3v) is 6.41. The predicted molar refractivity (Wildman–Crippen MR) is 108 cm³/mol. The number of benzene rings is 1. The molecule has 3 fully saturated rings. The normalized spacial score (nSPS) is 25.5. The van der Waals surface area contributed by atoms with Gasteiger partial charge in [-0.15, -0.1) is 0 Å². The molecule has 4 rings (SSSR count). The van der Waals surface area contributed by atoms with Crippen molar-refractivity contribution in [3.05, 3.63) is 29.8 Å². The Morgan fingerprint density at radius 2 is 1.89 bits per heavy atom. The topological polar surface area (TPSA) is 49.9 Å². The number of piperidine rings is 2. The lowest BCUT2D eigenvalue weighted by Gasteiger charge is -2.47. The van der Waals surface area contributed by atoms with E-state index in [0.29, 0.717) is 30.3 Å². The van der Waals surface area contributed by atoms with Gasteiger partial charge in [-0.1, -0.05) is 39.0 Å². The van der Waals surface area contributed by atoms with Crippen LogP contribution >= 0.6 is 0 Å². The highest BCUT2D eigenvalue weighted by Gasteiger charge is 2.45. The summed E-state index contributed by atoms with van der Waals surface area (Å²) >= 11 is 0. The molecule has 28 heavy (non-hydrogen) atoms. The molecule has 3 aliphatic rings. The Balaban J connectivity index is 1.36. The second-order valence-corrected chi connectivity index (χ2v) is 9.56. The van der Waals surface area contributed by atoms with Crippen molar-refractivity contribution in [3.63, 3.8) is 0 Å². The second-order valence-electron chi connectivity index (χ2n) is 9.56. The molecule has 2 aliphatic heterocycles. The molecule has 2 heterocycles. The molecule has 1 aromatic rings. The standard InChI is InChI=1S/C23H32N2O3/c1-23(2,3)18-6-4-5-7-20(18)28-15-22(27)24-13-12-19-16(14-24)8-11-21(26)25(19)17-9-10-17/h4-7,16-17,19H,8-15H2,1-3H3/t16-,19+/m1/s1. The van der Waals surface area contributed by atoms with Crippen molar-refractivity contribution < 1.29 is 14.3 Å². The first-order valence-corrected chi connectivity index (χ1v) is 10.7. The number of fused-ring (bicyclic) bond motifs is 1. The highest BCUT2D eigenvalue weighted by Crippen LogP contribution is 2.39. The van der Waals surface area contributed by atoms with E-state index in [1.54, 1.807) is 0 Å². The molecule has 5 nitrogen and oxygen atoms in total. The number of carbonyl (C=O) groups is 2. The van der Waals surface area contributed by atoms with Crippen LogP contribution in [0, 0.1) is 5.92 Å². The lowest BCUT2D eigenvalue weighted by molar-refractivity contribution is -0.145. The average Bonchev–Trinajstić information content (AvgIpc) is 3.50.